The molecule has 1 amide bonds. The molecule has 2 aromatic rings. The Bertz CT molecular complexity index is 916. The van der Waals surface area contributed by atoms with Gasteiger partial charge in [-0.15, -0.1) is 0 Å². The lowest BCUT2D eigenvalue weighted by atomic mass is 9.89. The van der Waals surface area contributed by atoms with Crippen LogP contribution in [-0.2, 0) is 17.8 Å². The topological polar surface area (TPSA) is 51.2 Å². The fraction of sp³-hybridized carbons (Fsp3) is 0.536. The third-order valence-electron chi connectivity index (χ3n) is 7.28. The predicted molar refractivity (Wildman–Crippen MR) is 134 cm³/mol. The molecule has 6 heteroatoms. The number of hydrogen-bond acceptors (Lipinski definition) is 5. The van der Waals surface area contributed by atoms with Crippen LogP contribution >= 0.6 is 0 Å². The van der Waals surface area contributed by atoms with Crippen molar-refractivity contribution in [3.05, 3.63) is 53.6 Å². The number of rotatable bonds is 8. The van der Waals surface area contributed by atoms with Gasteiger partial charge < -0.3 is 19.1 Å². The van der Waals surface area contributed by atoms with Crippen molar-refractivity contribution in [2.45, 2.75) is 38.6 Å². The molecule has 0 aliphatic carbocycles. The summed E-state index contributed by atoms with van der Waals surface area (Å²) in [6.07, 6.45) is 5.35. The molecule has 0 bridgehead atoms. The molecule has 2 fully saturated rings. The number of carbonyl (C=O) groups is 1. The molecular weight excluding hydrogens is 428 g/mol. The van der Waals surface area contributed by atoms with E-state index in [2.05, 4.69) is 40.1 Å². The van der Waals surface area contributed by atoms with Crippen molar-refractivity contribution in [1.82, 2.24) is 9.80 Å². The van der Waals surface area contributed by atoms with E-state index in [1.165, 1.54) is 5.56 Å². The first-order valence-electron chi connectivity index (χ1n) is 12.4. The van der Waals surface area contributed by atoms with E-state index < -0.39 is 0 Å². The van der Waals surface area contributed by atoms with E-state index in [1.807, 2.05) is 12.1 Å². The molecule has 0 saturated carbocycles. The quantitative estimate of drug-likeness (QED) is 0.577. The summed E-state index contributed by atoms with van der Waals surface area (Å²) in [4.78, 5) is 17.8. The van der Waals surface area contributed by atoms with Crippen LogP contribution in [0.5, 0.6) is 17.2 Å². The maximum Gasteiger partial charge on any atom is 0.226 e. The van der Waals surface area contributed by atoms with Crippen molar-refractivity contribution in [2.24, 2.45) is 11.8 Å². The Morgan fingerprint density at radius 2 is 1.56 bits per heavy atom. The normalized spacial score (nSPS) is 19.6. The molecule has 0 spiro atoms. The largest absolute Gasteiger partial charge is 0.493 e. The van der Waals surface area contributed by atoms with Crippen molar-refractivity contribution in [2.75, 3.05) is 47.5 Å². The lowest BCUT2D eigenvalue weighted by Crippen LogP contribution is -2.47. The minimum atomic E-state index is 0.0847. The fourth-order valence-electron chi connectivity index (χ4n) is 5.45. The number of hydrogen-bond donors (Lipinski definition) is 0. The highest BCUT2D eigenvalue weighted by Crippen LogP contribution is 2.38. The second kappa shape index (κ2) is 11.6. The van der Waals surface area contributed by atoms with Crippen molar-refractivity contribution in [3.8, 4) is 17.2 Å². The summed E-state index contributed by atoms with van der Waals surface area (Å²) in [6, 6.07) is 14.7. The molecular formula is C28H38N2O4. The number of methoxy groups -OCH3 is 3. The monoisotopic (exact) mass is 466 g/mol. The molecule has 34 heavy (non-hydrogen) atoms. The first-order valence-corrected chi connectivity index (χ1v) is 12.4. The number of ether oxygens (including phenoxy) is 3. The smallest absolute Gasteiger partial charge is 0.226 e. The highest BCUT2D eigenvalue weighted by molar-refractivity contribution is 5.79. The fourth-order valence-corrected chi connectivity index (χ4v) is 5.45. The van der Waals surface area contributed by atoms with Gasteiger partial charge in [0, 0.05) is 26.2 Å². The average Bonchev–Trinajstić information content (AvgIpc) is 2.89. The van der Waals surface area contributed by atoms with Crippen LogP contribution in [0.3, 0.4) is 0 Å². The zero-order chi connectivity index (χ0) is 23.9. The van der Waals surface area contributed by atoms with Crippen LogP contribution in [0.15, 0.2) is 42.5 Å². The predicted octanol–water partition coefficient (Wildman–Crippen LogP) is 4.41. The second-order valence-corrected chi connectivity index (χ2v) is 9.57. The summed E-state index contributed by atoms with van der Waals surface area (Å²) >= 11 is 0. The van der Waals surface area contributed by atoms with Gasteiger partial charge in [0.25, 0.3) is 0 Å². The number of benzene rings is 2. The summed E-state index contributed by atoms with van der Waals surface area (Å²) in [5, 5.41) is 0. The SMILES string of the molecule is COc1cc(CN2CCC[C@H](C(=O)N3CCC(Cc4ccccc4)CC3)C2)cc(OC)c1OC. The van der Waals surface area contributed by atoms with Crippen LogP contribution in [-0.4, -0.2) is 63.2 Å². The van der Waals surface area contributed by atoms with Crippen LogP contribution in [0, 0.1) is 11.8 Å². The van der Waals surface area contributed by atoms with Crippen molar-refractivity contribution < 1.29 is 19.0 Å². The molecule has 6 nitrogen and oxygen atoms in total. The molecule has 1 atom stereocenters. The molecule has 2 aliphatic heterocycles. The highest BCUT2D eigenvalue weighted by Gasteiger charge is 2.31. The first kappa shape index (κ1) is 24.4. The van der Waals surface area contributed by atoms with Crippen LogP contribution in [0.25, 0.3) is 0 Å². The zero-order valence-electron chi connectivity index (χ0n) is 20.8. The van der Waals surface area contributed by atoms with Gasteiger partial charge in [0.1, 0.15) is 0 Å². The van der Waals surface area contributed by atoms with E-state index in [0.717, 1.165) is 70.4 Å². The van der Waals surface area contributed by atoms with Crippen molar-refractivity contribution in [3.63, 3.8) is 0 Å². The third kappa shape index (κ3) is 5.84. The van der Waals surface area contributed by atoms with E-state index in [0.29, 0.717) is 29.1 Å². The van der Waals surface area contributed by atoms with Gasteiger partial charge in [0.2, 0.25) is 11.7 Å². The van der Waals surface area contributed by atoms with Gasteiger partial charge in [-0.05, 0) is 67.8 Å². The maximum atomic E-state index is 13.3. The Kier molecular flexibility index (Phi) is 8.33. The molecule has 0 aromatic heterocycles. The average molecular weight is 467 g/mol. The first-order chi connectivity index (χ1) is 16.6. The molecule has 184 valence electrons. The Morgan fingerprint density at radius 3 is 2.18 bits per heavy atom. The lowest BCUT2D eigenvalue weighted by Gasteiger charge is -2.38. The number of piperidine rings is 2. The van der Waals surface area contributed by atoms with Gasteiger partial charge in [-0.3, -0.25) is 9.69 Å². The summed E-state index contributed by atoms with van der Waals surface area (Å²) in [6.45, 7) is 4.35. The molecule has 2 saturated heterocycles. The molecule has 2 heterocycles. The summed E-state index contributed by atoms with van der Waals surface area (Å²) < 4.78 is 16.5. The number of carbonyl (C=O) groups excluding carboxylic acids is 1. The number of likely N-dealkylation sites (tertiary alicyclic amines) is 2. The van der Waals surface area contributed by atoms with Gasteiger partial charge in [-0.25, -0.2) is 0 Å². The van der Waals surface area contributed by atoms with E-state index in [-0.39, 0.29) is 5.92 Å². The minimum Gasteiger partial charge on any atom is -0.493 e. The number of nitrogens with zero attached hydrogens (tertiary/aromatic N) is 2. The Balaban J connectivity index is 1.32. The second-order valence-electron chi connectivity index (χ2n) is 9.57. The minimum absolute atomic E-state index is 0.0847. The number of amides is 1. The standard InChI is InChI=1S/C28H38N2O4/c1-32-25-17-23(18-26(33-2)27(25)34-3)19-29-13-7-10-24(20-29)28(31)30-14-11-22(12-15-30)16-21-8-5-4-6-9-21/h4-6,8-9,17-18,22,24H,7,10-16,19-20H2,1-3H3/t24-/m0/s1. The van der Waals surface area contributed by atoms with E-state index in [4.69, 9.17) is 14.2 Å². The van der Waals surface area contributed by atoms with Crippen LogP contribution in [0.1, 0.15) is 36.8 Å². The van der Waals surface area contributed by atoms with E-state index in [9.17, 15) is 4.79 Å². The Morgan fingerprint density at radius 1 is 0.882 bits per heavy atom. The van der Waals surface area contributed by atoms with Crippen molar-refractivity contribution >= 4 is 5.91 Å². The van der Waals surface area contributed by atoms with Gasteiger partial charge in [0.15, 0.2) is 11.5 Å². The van der Waals surface area contributed by atoms with Gasteiger partial charge in [-0.1, -0.05) is 30.3 Å². The molecule has 2 aromatic carbocycles. The molecule has 2 aliphatic rings. The molecule has 0 radical (unpaired) electrons. The Hall–Kier alpha value is -2.73. The highest BCUT2D eigenvalue weighted by atomic mass is 16.5. The van der Waals surface area contributed by atoms with E-state index >= 15 is 0 Å². The molecule has 0 unspecified atom stereocenters. The maximum absolute atomic E-state index is 13.3. The van der Waals surface area contributed by atoms with Crippen LogP contribution in [0.4, 0.5) is 0 Å². The summed E-state index contributed by atoms with van der Waals surface area (Å²) in [5.41, 5.74) is 2.51. The van der Waals surface area contributed by atoms with Gasteiger partial charge in [-0.2, -0.15) is 0 Å². The van der Waals surface area contributed by atoms with Crippen LogP contribution in [0.2, 0.25) is 0 Å². The zero-order valence-corrected chi connectivity index (χ0v) is 20.8. The Labute approximate surface area is 203 Å². The molecule has 0 N–H and O–H groups in total. The van der Waals surface area contributed by atoms with Gasteiger partial charge in [0.05, 0.1) is 27.2 Å². The molecule has 4 rings (SSSR count). The van der Waals surface area contributed by atoms with Crippen LogP contribution < -0.4 is 14.2 Å². The summed E-state index contributed by atoms with van der Waals surface area (Å²) in [5.74, 6) is 3.04. The lowest BCUT2D eigenvalue weighted by molar-refractivity contribution is -0.138. The third-order valence-corrected chi connectivity index (χ3v) is 7.28. The van der Waals surface area contributed by atoms with E-state index in [1.54, 1.807) is 21.3 Å². The van der Waals surface area contributed by atoms with Gasteiger partial charge >= 0.3 is 0 Å². The summed E-state index contributed by atoms with van der Waals surface area (Å²) in [7, 11) is 4.89. The van der Waals surface area contributed by atoms with Crippen molar-refractivity contribution in [1.29, 1.82) is 0 Å².